The van der Waals surface area contributed by atoms with E-state index in [-0.39, 0.29) is 5.91 Å². The van der Waals surface area contributed by atoms with Crippen LogP contribution in [0.2, 0.25) is 0 Å². The molecule has 1 N–H and O–H groups in total. The normalized spacial score (nSPS) is 21.4. The number of aromatic carboxylic acids is 1. The molecule has 136 valence electrons. The molecule has 5 nitrogen and oxygen atoms in total. The highest BCUT2D eigenvalue weighted by Gasteiger charge is 2.25. The largest absolute Gasteiger partial charge is 0.478 e. The van der Waals surface area contributed by atoms with E-state index in [1.807, 2.05) is 17.0 Å². The van der Waals surface area contributed by atoms with Gasteiger partial charge in [0.05, 0.1) is 5.56 Å². The van der Waals surface area contributed by atoms with E-state index in [2.05, 4.69) is 0 Å². The zero-order valence-corrected chi connectivity index (χ0v) is 14.7. The Kier molecular flexibility index (Phi) is 6.08. The molecule has 0 saturated carbocycles. The second-order valence-electron chi connectivity index (χ2n) is 7.26. The molecule has 2 aliphatic rings. The SMILES string of the molecule is O=C(O)c1ccccc1CC1CCN(C(=O)CCC2CCOC2)CC1. The molecule has 0 aliphatic carbocycles. The molecule has 1 unspecified atom stereocenters. The number of rotatable bonds is 6. The number of ether oxygens (including phenoxy) is 1. The average molecular weight is 345 g/mol. The lowest BCUT2D eigenvalue weighted by Crippen LogP contribution is -2.39. The van der Waals surface area contributed by atoms with Crippen molar-refractivity contribution in [2.75, 3.05) is 26.3 Å². The van der Waals surface area contributed by atoms with Crippen molar-refractivity contribution in [2.24, 2.45) is 11.8 Å². The third kappa shape index (κ3) is 4.82. The molecule has 1 aromatic carbocycles. The fourth-order valence-corrected chi connectivity index (χ4v) is 3.90. The molecule has 0 bridgehead atoms. The van der Waals surface area contributed by atoms with Gasteiger partial charge in [0.25, 0.3) is 0 Å². The summed E-state index contributed by atoms with van der Waals surface area (Å²) in [6.45, 7) is 3.22. The van der Waals surface area contributed by atoms with Crippen LogP contribution in [0, 0.1) is 11.8 Å². The second-order valence-corrected chi connectivity index (χ2v) is 7.26. The Morgan fingerprint density at radius 1 is 1.12 bits per heavy atom. The van der Waals surface area contributed by atoms with Gasteiger partial charge in [-0.05, 0) is 55.6 Å². The minimum atomic E-state index is -0.862. The highest BCUT2D eigenvalue weighted by molar-refractivity contribution is 5.89. The van der Waals surface area contributed by atoms with Crippen LogP contribution in [0.25, 0.3) is 0 Å². The number of carboxylic acids is 1. The van der Waals surface area contributed by atoms with Crippen molar-refractivity contribution in [3.63, 3.8) is 0 Å². The molecule has 2 heterocycles. The Bertz CT molecular complexity index is 601. The first-order chi connectivity index (χ1) is 12.1. The molecule has 0 spiro atoms. The van der Waals surface area contributed by atoms with E-state index >= 15 is 0 Å². The predicted octanol–water partition coefficient (Wildman–Crippen LogP) is 2.98. The topological polar surface area (TPSA) is 66.8 Å². The van der Waals surface area contributed by atoms with Crippen molar-refractivity contribution in [2.45, 2.75) is 38.5 Å². The van der Waals surface area contributed by atoms with E-state index in [1.54, 1.807) is 12.1 Å². The Balaban J connectivity index is 1.45. The third-order valence-corrected chi connectivity index (χ3v) is 5.51. The van der Waals surface area contributed by atoms with Gasteiger partial charge in [0.2, 0.25) is 5.91 Å². The van der Waals surface area contributed by atoms with Crippen LogP contribution in [-0.4, -0.2) is 48.2 Å². The molecule has 3 rings (SSSR count). The van der Waals surface area contributed by atoms with E-state index in [4.69, 9.17) is 4.74 Å². The number of hydrogen-bond acceptors (Lipinski definition) is 3. The summed E-state index contributed by atoms with van der Waals surface area (Å²) in [5, 5.41) is 9.30. The van der Waals surface area contributed by atoms with Crippen LogP contribution in [-0.2, 0) is 16.0 Å². The van der Waals surface area contributed by atoms with Gasteiger partial charge in [0, 0.05) is 32.7 Å². The second kappa shape index (κ2) is 8.48. The van der Waals surface area contributed by atoms with E-state index < -0.39 is 5.97 Å². The number of piperidine rings is 1. The van der Waals surface area contributed by atoms with Crippen LogP contribution in [0.15, 0.2) is 24.3 Å². The number of carboxylic acid groups (broad SMARTS) is 1. The van der Waals surface area contributed by atoms with Crippen LogP contribution < -0.4 is 0 Å². The summed E-state index contributed by atoms with van der Waals surface area (Å²) in [5.74, 6) is 0.400. The van der Waals surface area contributed by atoms with Gasteiger partial charge in [0.15, 0.2) is 0 Å². The van der Waals surface area contributed by atoms with Gasteiger partial charge in [-0.3, -0.25) is 4.79 Å². The van der Waals surface area contributed by atoms with Gasteiger partial charge in [0.1, 0.15) is 0 Å². The van der Waals surface area contributed by atoms with Gasteiger partial charge in [-0.25, -0.2) is 4.79 Å². The van der Waals surface area contributed by atoms with Crippen molar-refractivity contribution in [1.82, 2.24) is 4.90 Å². The summed E-state index contributed by atoms with van der Waals surface area (Å²) >= 11 is 0. The fraction of sp³-hybridized carbons (Fsp3) is 0.600. The van der Waals surface area contributed by atoms with Crippen molar-refractivity contribution in [3.05, 3.63) is 35.4 Å². The molecule has 1 aromatic rings. The van der Waals surface area contributed by atoms with Crippen molar-refractivity contribution >= 4 is 11.9 Å². The number of amides is 1. The number of likely N-dealkylation sites (tertiary alicyclic amines) is 1. The fourth-order valence-electron chi connectivity index (χ4n) is 3.90. The summed E-state index contributed by atoms with van der Waals surface area (Å²) < 4.78 is 5.37. The maximum atomic E-state index is 12.4. The molecule has 5 heteroatoms. The van der Waals surface area contributed by atoms with Gasteiger partial charge < -0.3 is 14.7 Å². The average Bonchev–Trinajstić information content (AvgIpc) is 3.14. The number of carbonyl (C=O) groups is 2. The lowest BCUT2D eigenvalue weighted by Gasteiger charge is -2.32. The minimum Gasteiger partial charge on any atom is -0.478 e. The molecular weight excluding hydrogens is 318 g/mol. The van der Waals surface area contributed by atoms with Crippen molar-refractivity contribution < 1.29 is 19.4 Å². The number of hydrogen-bond donors (Lipinski definition) is 1. The van der Waals surface area contributed by atoms with Crippen LogP contribution in [0.1, 0.15) is 48.0 Å². The highest BCUT2D eigenvalue weighted by Crippen LogP contribution is 2.25. The molecule has 2 aliphatic heterocycles. The van der Waals surface area contributed by atoms with E-state index in [0.29, 0.717) is 23.8 Å². The zero-order chi connectivity index (χ0) is 17.6. The molecule has 0 aromatic heterocycles. The third-order valence-electron chi connectivity index (χ3n) is 5.51. The molecular formula is C20H27NO4. The summed E-state index contributed by atoms with van der Waals surface area (Å²) in [6.07, 6.45) is 5.33. The van der Waals surface area contributed by atoms with Crippen LogP contribution >= 0.6 is 0 Å². The Labute approximate surface area is 149 Å². The number of carbonyl (C=O) groups excluding carboxylic acids is 1. The highest BCUT2D eigenvalue weighted by atomic mass is 16.5. The van der Waals surface area contributed by atoms with Crippen LogP contribution in [0.3, 0.4) is 0 Å². The first-order valence-electron chi connectivity index (χ1n) is 9.30. The lowest BCUT2D eigenvalue weighted by molar-refractivity contribution is -0.132. The smallest absolute Gasteiger partial charge is 0.335 e. The number of nitrogens with zero attached hydrogens (tertiary/aromatic N) is 1. The maximum Gasteiger partial charge on any atom is 0.335 e. The molecule has 0 radical (unpaired) electrons. The van der Waals surface area contributed by atoms with E-state index in [9.17, 15) is 14.7 Å². The van der Waals surface area contributed by atoms with Gasteiger partial charge in [-0.15, -0.1) is 0 Å². The number of benzene rings is 1. The van der Waals surface area contributed by atoms with Crippen molar-refractivity contribution in [1.29, 1.82) is 0 Å². The van der Waals surface area contributed by atoms with Crippen LogP contribution in [0.5, 0.6) is 0 Å². The maximum absolute atomic E-state index is 12.4. The zero-order valence-electron chi connectivity index (χ0n) is 14.7. The quantitative estimate of drug-likeness (QED) is 0.861. The lowest BCUT2D eigenvalue weighted by atomic mass is 9.88. The molecule has 2 saturated heterocycles. The van der Waals surface area contributed by atoms with E-state index in [1.165, 1.54) is 0 Å². The van der Waals surface area contributed by atoms with Crippen LogP contribution in [0.4, 0.5) is 0 Å². The summed E-state index contributed by atoms with van der Waals surface area (Å²) in [7, 11) is 0. The molecule has 2 fully saturated rings. The standard InChI is InChI=1S/C20H27NO4/c22-19(6-5-16-9-12-25-14-16)21-10-7-15(8-11-21)13-17-3-1-2-4-18(17)20(23)24/h1-4,15-16H,5-14H2,(H,23,24). The van der Waals surface area contributed by atoms with Gasteiger partial charge in [-0.1, -0.05) is 18.2 Å². The van der Waals surface area contributed by atoms with Crippen molar-refractivity contribution in [3.8, 4) is 0 Å². The predicted molar refractivity (Wildman–Crippen MR) is 94.6 cm³/mol. The first-order valence-corrected chi connectivity index (χ1v) is 9.30. The van der Waals surface area contributed by atoms with Gasteiger partial charge in [-0.2, -0.15) is 0 Å². The Morgan fingerprint density at radius 2 is 1.88 bits per heavy atom. The minimum absolute atomic E-state index is 0.260. The Hall–Kier alpha value is -1.88. The summed E-state index contributed by atoms with van der Waals surface area (Å²) in [4.78, 5) is 25.7. The molecule has 25 heavy (non-hydrogen) atoms. The summed E-state index contributed by atoms with van der Waals surface area (Å²) in [5.41, 5.74) is 1.31. The first kappa shape index (κ1) is 17.9. The van der Waals surface area contributed by atoms with Gasteiger partial charge >= 0.3 is 5.97 Å². The van der Waals surface area contributed by atoms with E-state index in [0.717, 1.165) is 64.0 Å². The summed E-state index contributed by atoms with van der Waals surface area (Å²) in [6, 6.07) is 7.24. The monoisotopic (exact) mass is 345 g/mol. The Morgan fingerprint density at radius 3 is 2.56 bits per heavy atom. The molecule has 1 amide bonds. The molecule has 1 atom stereocenters.